The van der Waals surface area contributed by atoms with E-state index in [-0.39, 0.29) is 6.04 Å². The average Bonchev–Trinajstić information content (AvgIpc) is 2.30. The second kappa shape index (κ2) is 5.71. The summed E-state index contributed by atoms with van der Waals surface area (Å²) >= 11 is 5.32. The molecule has 1 atom stereocenters. The molecule has 2 aromatic rings. The topological polar surface area (TPSA) is 26.0 Å². The molecule has 0 amide bonds. The van der Waals surface area contributed by atoms with E-state index in [4.69, 9.17) is 5.73 Å². The van der Waals surface area contributed by atoms with E-state index in [0.29, 0.717) is 0 Å². The van der Waals surface area contributed by atoms with Crippen LogP contribution in [0.3, 0.4) is 0 Å². The first-order chi connectivity index (χ1) is 8.16. The van der Waals surface area contributed by atoms with Gasteiger partial charge in [0.05, 0.1) is 0 Å². The molecule has 0 saturated heterocycles. The molecule has 2 rings (SSSR count). The Morgan fingerprint density at radius 3 is 2.35 bits per heavy atom. The lowest BCUT2D eigenvalue weighted by Crippen LogP contribution is -2.05. The van der Waals surface area contributed by atoms with Crippen LogP contribution in [0.2, 0.25) is 0 Å². The van der Waals surface area contributed by atoms with Crippen LogP contribution in [-0.4, -0.2) is 0 Å². The summed E-state index contributed by atoms with van der Waals surface area (Å²) < 4.78 is 1.08. The molecule has 0 bridgehead atoms. The SMILES string of the molecule is C[C@@H](N)c1ccc(Sc2ccccc2)cc1Br. The molecule has 0 unspecified atom stereocenters. The lowest BCUT2D eigenvalue weighted by molar-refractivity contribution is 0.811. The molecule has 0 spiro atoms. The number of nitrogens with two attached hydrogens (primary N) is 1. The first-order valence-electron chi connectivity index (χ1n) is 5.45. The Labute approximate surface area is 115 Å². The zero-order valence-corrected chi connectivity index (χ0v) is 12.0. The van der Waals surface area contributed by atoms with Gasteiger partial charge in [-0.15, -0.1) is 0 Å². The number of hydrogen-bond donors (Lipinski definition) is 1. The van der Waals surface area contributed by atoms with E-state index in [1.165, 1.54) is 9.79 Å². The van der Waals surface area contributed by atoms with Crippen LogP contribution in [0, 0.1) is 0 Å². The fourth-order valence-corrected chi connectivity index (χ4v) is 3.33. The van der Waals surface area contributed by atoms with E-state index in [0.717, 1.165) is 10.0 Å². The third-order valence-corrected chi connectivity index (χ3v) is 4.13. The molecule has 0 heterocycles. The van der Waals surface area contributed by atoms with Crippen molar-refractivity contribution in [2.45, 2.75) is 22.8 Å². The van der Waals surface area contributed by atoms with E-state index in [2.05, 4.69) is 46.3 Å². The van der Waals surface area contributed by atoms with E-state index >= 15 is 0 Å². The van der Waals surface area contributed by atoms with Crippen molar-refractivity contribution in [2.75, 3.05) is 0 Å². The molecule has 2 N–H and O–H groups in total. The van der Waals surface area contributed by atoms with Gasteiger partial charge in [0, 0.05) is 20.3 Å². The molecule has 0 aromatic heterocycles. The first kappa shape index (κ1) is 12.7. The van der Waals surface area contributed by atoms with Gasteiger partial charge in [0.25, 0.3) is 0 Å². The van der Waals surface area contributed by atoms with Gasteiger partial charge in [-0.1, -0.05) is 52.0 Å². The maximum Gasteiger partial charge on any atom is 0.0277 e. The number of rotatable bonds is 3. The Bertz CT molecular complexity index is 497. The Morgan fingerprint density at radius 1 is 1.06 bits per heavy atom. The molecule has 0 aliphatic carbocycles. The van der Waals surface area contributed by atoms with Gasteiger partial charge in [-0.05, 0) is 36.8 Å². The molecule has 0 fully saturated rings. The fraction of sp³-hybridized carbons (Fsp3) is 0.143. The molecule has 0 aliphatic heterocycles. The summed E-state index contributed by atoms with van der Waals surface area (Å²) in [6.45, 7) is 1.99. The van der Waals surface area contributed by atoms with Crippen LogP contribution in [0.25, 0.3) is 0 Å². The van der Waals surface area contributed by atoms with Gasteiger partial charge < -0.3 is 5.73 Å². The average molecular weight is 308 g/mol. The smallest absolute Gasteiger partial charge is 0.0277 e. The summed E-state index contributed by atoms with van der Waals surface area (Å²) in [5.74, 6) is 0. The summed E-state index contributed by atoms with van der Waals surface area (Å²) in [6, 6.07) is 16.7. The number of halogens is 1. The van der Waals surface area contributed by atoms with Gasteiger partial charge in [-0.2, -0.15) is 0 Å². The maximum absolute atomic E-state index is 5.88. The van der Waals surface area contributed by atoms with Crippen molar-refractivity contribution in [3.8, 4) is 0 Å². The second-order valence-electron chi connectivity index (χ2n) is 3.89. The van der Waals surface area contributed by atoms with Crippen LogP contribution in [0.1, 0.15) is 18.5 Å². The highest BCUT2D eigenvalue weighted by molar-refractivity contribution is 9.10. The summed E-state index contributed by atoms with van der Waals surface area (Å²) in [4.78, 5) is 2.46. The highest BCUT2D eigenvalue weighted by atomic mass is 79.9. The Kier molecular flexibility index (Phi) is 4.26. The standard InChI is InChI=1S/C14H14BrNS/c1-10(16)13-8-7-12(9-14(13)15)17-11-5-3-2-4-6-11/h2-10H,16H2,1H3/t10-/m1/s1. The van der Waals surface area contributed by atoms with Gasteiger partial charge in [0.2, 0.25) is 0 Å². The van der Waals surface area contributed by atoms with Gasteiger partial charge in [-0.25, -0.2) is 0 Å². The highest BCUT2D eigenvalue weighted by Crippen LogP contribution is 2.32. The zero-order chi connectivity index (χ0) is 12.3. The minimum atomic E-state index is 0.0557. The molecule has 3 heteroatoms. The highest BCUT2D eigenvalue weighted by Gasteiger charge is 2.06. The monoisotopic (exact) mass is 307 g/mol. The van der Waals surface area contributed by atoms with Gasteiger partial charge in [0.15, 0.2) is 0 Å². The molecule has 0 radical (unpaired) electrons. The van der Waals surface area contributed by atoms with Crippen LogP contribution in [0.4, 0.5) is 0 Å². The molecule has 17 heavy (non-hydrogen) atoms. The van der Waals surface area contributed by atoms with Crippen molar-refractivity contribution in [3.05, 3.63) is 58.6 Å². The third kappa shape index (κ3) is 3.35. The largest absolute Gasteiger partial charge is 0.324 e. The number of hydrogen-bond acceptors (Lipinski definition) is 2. The summed E-state index contributed by atoms with van der Waals surface area (Å²) in [5, 5.41) is 0. The van der Waals surface area contributed by atoms with Gasteiger partial charge in [-0.3, -0.25) is 0 Å². The maximum atomic E-state index is 5.88. The zero-order valence-electron chi connectivity index (χ0n) is 9.56. The summed E-state index contributed by atoms with van der Waals surface area (Å²) in [5.41, 5.74) is 7.02. The molecule has 88 valence electrons. The second-order valence-corrected chi connectivity index (χ2v) is 5.89. The Morgan fingerprint density at radius 2 is 1.76 bits per heavy atom. The third-order valence-electron chi connectivity index (χ3n) is 2.44. The Balaban J connectivity index is 2.21. The van der Waals surface area contributed by atoms with Crippen molar-refractivity contribution < 1.29 is 0 Å². The predicted molar refractivity (Wildman–Crippen MR) is 77.3 cm³/mol. The van der Waals surface area contributed by atoms with Crippen LogP contribution in [-0.2, 0) is 0 Å². The molecule has 0 aliphatic rings. The first-order valence-corrected chi connectivity index (χ1v) is 7.05. The summed E-state index contributed by atoms with van der Waals surface area (Å²) in [6.07, 6.45) is 0. The van der Waals surface area contributed by atoms with Crippen molar-refractivity contribution in [3.63, 3.8) is 0 Å². The molecular formula is C14H14BrNS. The molecular weight excluding hydrogens is 294 g/mol. The predicted octanol–water partition coefficient (Wildman–Crippen LogP) is 4.62. The summed E-state index contributed by atoms with van der Waals surface area (Å²) in [7, 11) is 0. The quantitative estimate of drug-likeness (QED) is 0.895. The van der Waals surface area contributed by atoms with Crippen LogP contribution < -0.4 is 5.73 Å². The van der Waals surface area contributed by atoms with Crippen LogP contribution in [0.15, 0.2) is 62.8 Å². The molecule has 0 saturated carbocycles. The van der Waals surface area contributed by atoms with Crippen molar-refractivity contribution >= 4 is 27.7 Å². The lowest BCUT2D eigenvalue weighted by atomic mass is 10.1. The van der Waals surface area contributed by atoms with Crippen molar-refractivity contribution in [1.29, 1.82) is 0 Å². The van der Waals surface area contributed by atoms with Crippen molar-refractivity contribution in [1.82, 2.24) is 0 Å². The minimum Gasteiger partial charge on any atom is -0.324 e. The number of benzene rings is 2. The molecule has 1 nitrogen and oxygen atoms in total. The van der Waals surface area contributed by atoms with Crippen LogP contribution in [0.5, 0.6) is 0 Å². The van der Waals surface area contributed by atoms with E-state index in [1.807, 2.05) is 25.1 Å². The minimum absolute atomic E-state index is 0.0557. The van der Waals surface area contributed by atoms with Gasteiger partial charge >= 0.3 is 0 Å². The van der Waals surface area contributed by atoms with E-state index in [9.17, 15) is 0 Å². The van der Waals surface area contributed by atoms with E-state index < -0.39 is 0 Å². The van der Waals surface area contributed by atoms with E-state index in [1.54, 1.807) is 11.8 Å². The Hall–Kier alpha value is -0.770. The van der Waals surface area contributed by atoms with Gasteiger partial charge in [0.1, 0.15) is 0 Å². The fourth-order valence-electron chi connectivity index (χ4n) is 1.57. The molecule has 2 aromatic carbocycles. The lowest BCUT2D eigenvalue weighted by Gasteiger charge is -2.10. The van der Waals surface area contributed by atoms with Crippen LogP contribution >= 0.6 is 27.7 Å². The van der Waals surface area contributed by atoms with Crippen molar-refractivity contribution in [2.24, 2.45) is 5.73 Å². The normalized spacial score (nSPS) is 12.4.